The lowest BCUT2D eigenvalue weighted by Gasteiger charge is -2.14. The molecule has 2 aromatic rings. The van der Waals surface area contributed by atoms with E-state index in [-0.39, 0.29) is 11.8 Å². The van der Waals surface area contributed by atoms with Gasteiger partial charge in [-0.2, -0.15) is 0 Å². The van der Waals surface area contributed by atoms with E-state index in [0.717, 1.165) is 0 Å². The maximum Gasteiger partial charge on any atom is 0.248 e. The Morgan fingerprint density at radius 2 is 1.83 bits per heavy atom. The van der Waals surface area contributed by atoms with E-state index in [2.05, 4.69) is 10.6 Å². The van der Waals surface area contributed by atoms with Crippen molar-refractivity contribution in [3.8, 4) is 11.5 Å². The summed E-state index contributed by atoms with van der Waals surface area (Å²) in [6.07, 6.45) is 2.97. The summed E-state index contributed by atoms with van der Waals surface area (Å²) in [6, 6.07) is 8.25. The second-order valence-corrected chi connectivity index (χ2v) is 7.75. The zero-order valence-corrected chi connectivity index (χ0v) is 18.7. The minimum absolute atomic E-state index is 0.208. The van der Waals surface area contributed by atoms with Crippen LogP contribution in [0.15, 0.2) is 36.4 Å². The molecule has 30 heavy (non-hydrogen) atoms. The molecule has 2 amide bonds. The molecule has 0 spiro atoms. The second-order valence-electron chi connectivity index (χ2n) is 6.94. The molecule has 0 atom stereocenters. The highest BCUT2D eigenvalue weighted by molar-refractivity contribution is 6.34. The number of hydrogen-bond acceptors (Lipinski definition) is 4. The first-order valence-electron chi connectivity index (χ1n) is 9.26. The number of benzene rings is 2. The van der Waals surface area contributed by atoms with Crippen molar-refractivity contribution in [3.63, 3.8) is 0 Å². The molecule has 0 aliphatic rings. The maximum absolute atomic E-state index is 12.3. The molecule has 0 aromatic heterocycles. The number of nitrogens with one attached hydrogen (secondary N) is 2. The molecule has 2 N–H and O–H groups in total. The van der Waals surface area contributed by atoms with Gasteiger partial charge in [-0.1, -0.05) is 37.0 Å². The SMILES string of the molecule is COc1cc(/C=C/C(=O)Nc2ccc(NC(C)=O)cc2Cl)cc(Cl)c1OCC(C)C. The Kier molecular flexibility index (Phi) is 8.57. The molecule has 0 saturated heterocycles. The maximum atomic E-state index is 12.3. The van der Waals surface area contributed by atoms with Crippen LogP contribution in [-0.4, -0.2) is 25.5 Å². The average molecular weight is 451 g/mol. The van der Waals surface area contributed by atoms with Gasteiger partial charge in [0.05, 0.1) is 29.4 Å². The van der Waals surface area contributed by atoms with E-state index in [1.165, 1.54) is 20.1 Å². The van der Waals surface area contributed by atoms with Gasteiger partial charge < -0.3 is 20.1 Å². The fraction of sp³-hybridized carbons (Fsp3) is 0.273. The molecule has 0 radical (unpaired) electrons. The summed E-state index contributed by atoms with van der Waals surface area (Å²) in [5.41, 5.74) is 1.65. The highest BCUT2D eigenvalue weighted by atomic mass is 35.5. The Morgan fingerprint density at radius 1 is 1.10 bits per heavy atom. The Morgan fingerprint density at radius 3 is 2.43 bits per heavy atom. The fourth-order valence-electron chi connectivity index (χ4n) is 2.47. The molecular weight excluding hydrogens is 427 g/mol. The lowest BCUT2D eigenvalue weighted by atomic mass is 10.1. The monoisotopic (exact) mass is 450 g/mol. The van der Waals surface area contributed by atoms with Gasteiger partial charge in [0.15, 0.2) is 11.5 Å². The van der Waals surface area contributed by atoms with E-state index in [9.17, 15) is 9.59 Å². The van der Waals surface area contributed by atoms with Crippen LogP contribution in [0.1, 0.15) is 26.3 Å². The normalized spacial score (nSPS) is 10.9. The van der Waals surface area contributed by atoms with E-state index in [1.807, 2.05) is 13.8 Å². The van der Waals surface area contributed by atoms with Crippen molar-refractivity contribution in [3.05, 3.63) is 52.0 Å². The van der Waals surface area contributed by atoms with Crippen molar-refractivity contribution < 1.29 is 19.1 Å². The van der Waals surface area contributed by atoms with E-state index in [0.29, 0.717) is 51.0 Å². The van der Waals surface area contributed by atoms with Gasteiger partial charge in [-0.25, -0.2) is 0 Å². The standard InChI is InChI=1S/C22H24Cl2N2O4/c1-13(2)12-30-22-18(24)9-15(10-20(22)29-4)5-8-21(28)26-19-7-6-16(11-17(19)23)25-14(3)27/h5-11,13H,12H2,1-4H3,(H,25,27)(H,26,28)/b8-5+. The van der Waals surface area contributed by atoms with E-state index in [1.54, 1.807) is 36.4 Å². The minimum atomic E-state index is -0.376. The molecule has 6 nitrogen and oxygen atoms in total. The predicted octanol–water partition coefficient (Wildman–Crippen LogP) is 5.65. The van der Waals surface area contributed by atoms with Crippen molar-refractivity contribution in [2.45, 2.75) is 20.8 Å². The number of amides is 2. The highest BCUT2D eigenvalue weighted by Crippen LogP contribution is 2.37. The summed E-state index contributed by atoms with van der Waals surface area (Å²) in [5.74, 6) is 0.716. The van der Waals surface area contributed by atoms with Crippen LogP contribution >= 0.6 is 23.2 Å². The van der Waals surface area contributed by atoms with Gasteiger partial charge in [-0.3, -0.25) is 9.59 Å². The van der Waals surface area contributed by atoms with Gasteiger partial charge in [0.2, 0.25) is 11.8 Å². The van der Waals surface area contributed by atoms with Crippen LogP contribution < -0.4 is 20.1 Å². The van der Waals surface area contributed by atoms with Crippen molar-refractivity contribution in [2.24, 2.45) is 5.92 Å². The van der Waals surface area contributed by atoms with Crippen LogP contribution in [0.5, 0.6) is 11.5 Å². The zero-order chi connectivity index (χ0) is 22.3. The third-order valence-corrected chi connectivity index (χ3v) is 4.38. The van der Waals surface area contributed by atoms with Crippen LogP contribution in [0, 0.1) is 5.92 Å². The second kappa shape index (κ2) is 10.9. The number of anilines is 2. The summed E-state index contributed by atoms with van der Waals surface area (Å²) in [7, 11) is 1.53. The van der Waals surface area contributed by atoms with Crippen molar-refractivity contribution in [1.29, 1.82) is 0 Å². The summed E-state index contributed by atoms with van der Waals surface area (Å²) in [6.45, 7) is 5.99. The Bertz CT molecular complexity index is 958. The first-order chi connectivity index (χ1) is 14.2. The Balaban J connectivity index is 2.10. The number of hydrogen-bond donors (Lipinski definition) is 2. The van der Waals surface area contributed by atoms with Gasteiger partial charge in [0.1, 0.15) is 0 Å². The Labute approximate surface area is 186 Å². The molecule has 2 rings (SSSR count). The van der Waals surface area contributed by atoms with Crippen molar-refractivity contribution in [1.82, 2.24) is 0 Å². The number of ether oxygens (including phenoxy) is 2. The smallest absolute Gasteiger partial charge is 0.248 e. The van der Waals surface area contributed by atoms with E-state index < -0.39 is 0 Å². The van der Waals surface area contributed by atoms with Gasteiger partial charge in [-0.15, -0.1) is 0 Å². The van der Waals surface area contributed by atoms with Gasteiger partial charge in [0.25, 0.3) is 0 Å². The molecule has 0 saturated carbocycles. The van der Waals surface area contributed by atoms with Crippen molar-refractivity contribution in [2.75, 3.05) is 24.4 Å². The number of carbonyl (C=O) groups is 2. The van der Waals surface area contributed by atoms with Crippen LogP contribution in [0.2, 0.25) is 10.0 Å². The van der Waals surface area contributed by atoms with E-state index in [4.69, 9.17) is 32.7 Å². The molecule has 160 valence electrons. The summed E-state index contributed by atoms with van der Waals surface area (Å²) >= 11 is 12.5. The summed E-state index contributed by atoms with van der Waals surface area (Å²) in [5, 5.41) is 6.01. The molecule has 0 fully saturated rings. The molecule has 0 bridgehead atoms. The molecule has 0 aliphatic heterocycles. The third kappa shape index (κ3) is 6.97. The first kappa shape index (κ1) is 23.6. The van der Waals surface area contributed by atoms with Gasteiger partial charge >= 0.3 is 0 Å². The molecule has 2 aromatic carbocycles. The topological polar surface area (TPSA) is 76.7 Å². The Hall–Kier alpha value is -2.70. The minimum Gasteiger partial charge on any atom is -0.493 e. The van der Waals surface area contributed by atoms with E-state index >= 15 is 0 Å². The third-order valence-electron chi connectivity index (χ3n) is 3.79. The zero-order valence-electron chi connectivity index (χ0n) is 17.2. The molecular formula is C22H24Cl2N2O4. The van der Waals surface area contributed by atoms with Crippen LogP contribution in [0.4, 0.5) is 11.4 Å². The van der Waals surface area contributed by atoms with Crippen LogP contribution in [-0.2, 0) is 9.59 Å². The molecule has 8 heteroatoms. The van der Waals surface area contributed by atoms with Crippen LogP contribution in [0.25, 0.3) is 6.08 Å². The number of halogens is 2. The fourth-order valence-corrected chi connectivity index (χ4v) is 2.97. The average Bonchev–Trinajstić information content (AvgIpc) is 2.66. The lowest BCUT2D eigenvalue weighted by Crippen LogP contribution is -2.09. The highest BCUT2D eigenvalue weighted by Gasteiger charge is 2.12. The first-order valence-corrected chi connectivity index (χ1v) is 10.0. The number of carbonyl (C=O) groups excluding carboxylic acids is 2. The molecule has 0 heterocycles. The van der Waals surface area contributed by atoms with Gasteiger partial charge in [-0.05, 0) is 47.9 Å². The summed E-state index contributed by atoms with van der Waals surface area (Å²) in [4.78, 5) is 23.4. The van der Waals surface area contributed by atoms with Crippen molar-refractivity contribution >= 4 is 52.5 Å². The summed E-state index contributed by atoms with van der Waals surface area (Å²) < 4.78 is 11.1. The predicted molar refractivity (Wildman–Crippen MR) is 122 cm³/mol. The molecule has 0 aliphatic carbocycles. The number of rotatable bonds is 8. The molecule has 0 unspecified atom stereocenters. The quantitative estimate of drug-likeness (QED) is 0.509. The van der Waals surface area contributed by atoms with Gasteiger partial charge in [0, 0.05) is 18.7 Å². The van der Waals surface area contributed by atoms with Crippen LogP contribution in [0.3, 0.4) is 0 Å². The lowest BCUT2D eigenvalue weighted by molar-refractivity contribution is -0.114. The number of methoxy groups -OCH3 is 1. The largest absolute Gasteiger partial charge is 0.493 e.